The fourth-order valence-electron chi connectivity index (χ4n) is 1.32. The molecule has 7 heteroatoms. The van der Waals surface area contributed by atoms with Crippen molar-refractivity contribution >= 4 is 73.4 Å². The van der Waals surface area contributed by atoms with Gasteiger partial charge in [-0.05, 0) is 57.3 Å². The van der Waals surface area contributed by atoms with E-state index in [1.54, 1.807) is 0 Å². The zero-order valence-electron chi connectivity index (χ0n) is 7.58. The summed E-state index contributed by atoms with van der Waals surface area (Å²) in [5, 5.41) is 11.5. The van der Waals surface area contributed by atoms with Gasteiger partial charge in [0.1, 0.15) is 11.2 Å². The lowest BCUT2D eigenvalue weighted by Gasteiger charge is -2.04. The van der Waals surface area contributed by atoms with Crippen LogP contribution in [0.25, 0.3) is 10.9 Å². The van der Waals surface area contributed by atoms with E-state index in [1.165, 1.54) is 6.20 Å². The fraction of sp³-hybridized carbons (Fsp3) is 0. The lowest BCUT2D eigenvalue weighted by molar-refractivity contribution is -0.384. The van der Waals surface area contributed by atoms with E-state index in [4.69, 9.17) is 11.6 Å². The van der Waals surface area contributed by atoms with Gasteiger partial charge in [-0.3, -0.25) is 10.1 Å². The van der Waals surface area contributed by atoms with E-state index >= 15 is 0 Å². The van der Waals surface area contributed by atoms with E-state index in [2.05, 4.69) is 50.2 Å². The normalized spacial score (nSPS) is 10.7. The second-order valence-electron chi connectivity index (χ2n) is 3.00. The van der Waals surface area contributed by atoms with Gasteiger partial charge < -0.3 is 0 Å². The lowest BCUT2D eigenvalue weighted by atomic mass is 10.2. The van der Waals surface area contributed by atoms with Crippen LogP contribution in [0.3, 0.4) is 0 Å². The zero-order valence-corrected chi connectivity index (χ0v) is 12.6. The third kappa shape index (κ3) is 2.09. The summed E-state index contributed by atoms with van der Waals surface area (Å²) in [6.45, 7) is 0. The van der Waals surface area contributed by atoms with E-state index in [0.29, 0.717) is 10.9 Å². The highest BCUT2D eigenvalue weighted by atomic mass is 127. The number of pyridine rings is 1. The van der Waals surface area contributed by atoms with E-state index < -0.39 is 4.92 Å². The Morgan fingerprint density at radius 1 is 1.38 bits per heavy atom. The van der Waals surface area contributed by atoms with Gasteiger partial charge in [-0.15, -0.1) is 0 Å². The van der Waals surface area contributed by atoms with E-state index in [9.17, 15) is 10.1 Å². The second kappa shape index (κ2) is 4.57. The molecule has 0 saturated carbocycles. The van der Waals surface area contributed by atoms with Crippen molar-refractivity contribution in [3.8, 4) is 0 Å². The third-order valence-corrected chi connectivity index (χ3v) is 3.86. The predicted molar refractivity (Wildman–Crippen MR) is 78.8 cm³/mol. The van der Waals surface area contributed by atoms with Crippen LogP contribution in [0.4, 0.5) is 5.69 Å². The maximum absolute atomic E-state index is 10.7. The Hall–Kier alpha value is -0.220. The Balaban J connectivity index is 2.89. The Kier molecular flexibility index (Phi) is 3.50. The highest BCUT2D eigenvalue weighted by Gasteiger charge is 2.18. The maximum atomic E-state index is 10.7. The number of aromatic nitrogens is 1. The zero-order chi connectivity index (χ0) is 11.9. The van der Waals surface area contributed by atoms with Crippen LogP contribution in [0.2, 0.25) is 5.02 Å². The van der Waals surface area contributed by atoms with Gasteiger partial charge in [-0.25, -0.2) is 4.98 Å². The molecule has 82 valence electrons. The number of nitrogens with zero attached hydrogens (tertiary/aromatic N) is 2. The minimum absolute atomic E-state index is 0.149. The van der Waals surface area contributed by atoms with Crippen molar-refractivity contribution in [2.45, 2.75) is 0 Å². The smallest absolute Gasteiger partial charge is 0.258 e. The molecule has 0 radical (unpaired) electrons. The van der Waals surface area contributed by atoms with Crippen LogP contribution in [0.15, 0.2) is 18.3 Å². The summed E-state index contributed by atoms with van der Waals surface area (Å²) in [7, 11) is 0. The van der Waals surface area contributed by atoms with Crippen LogP contribution in [0.1, 0.15) is 0 Å². The Morgan fingerprint density at radius 2 is 2.06 bits per heavy atom. The van der Waals surface area contributed by atoms with Crippen LogP contribution in [0.5, 0.6) is 0 Å². The summed E-state index contributed by atoms with van der Waals surface area (Å²) in [5.74, 6) is 0. The highest BCUT2D eigenvalue weighted by molar-refractivity contribution is 14.1. The van der Waals surface area contributed by atoms with Gasteiger partial charge in [-0.1, -0.05) is 11.6 Å². The molecule has 0 bridgehead atoms. The summed E-state index contributed by atoms with van der Waals surface area (Å²) < 4.78 is 1.88. The van der Waals surface area contributed by atoms with Gasteiger partial charge in [0.25, 0.3) is 0 Å². The molecule has 0 unspecified atom stereocenters. The van der Waals surface area contributed by atoms with Crippen LogP contribution >= 0.6 is 56.8 Å². The van der Waals surface area contributed by atoms with Crippen molar-refractivity contribution in [1.29, 1.82) is 0 Å². The summed E-state index contributed by atoms with van der Waals surface area (Å²) in [6, 6.07) is 3.74. The fourth-order valence-corrected chi connectivity index (χ4v) is 3.88. The molecule has 0 amide bonds. The van der Waals surface area contributed by atoms with Gasteiger partial charge in [0.05, 0.1) is 10.4 Å². The number of nitro groups is 1. The molecule has 0 saturated heterocycles. The topological polar surface area (TPSA) is 56.0 Å². The number of rotatable bonds is 1. The summed E-state index contributed by atoms with van der Waals surface area (Å²) in [6.07, 6.45) is 1.19. The van der Waals surface area contributed by atoms with Crippen LogP contribution in [0, 0.1) is 17.3 Å². The van der Waals surface area contributed by atoms with Gasteiger partial charge >= 0.3 is 5.69 Å². The number of halogens is 3. The first-order valence-corrected chi connectivity index (χ1v) is 6.62. The van der Waals surface area contributed by atoms with Gasteiger partial charge in [-0.2, -0.15) is 0 Å². The summed E-state index contributed by atoms with van der Waals surface area (Å²) in [4.78, 5) is 14.2. The number of fused-ring (bicyclic) bond motifs is 1. The Morgan fingerprint density at radius 3 is 2.69 bits per heavy atom. The second-order valence-corrected chi connectivity index (χ2v) is 5.78. The molecule has 0 spiro atoms. The van der Waals surface area contributed by atoms with Crippen molar-refractivity contribution < 1.29 is 4.92 Å². The first-order chi connectivity index (χ1) is 7.50. The van der Waals surface area contributed by atoms with Crippen LogP contribution < -0.4 is 0 Å². The molecule has 1 heterocycles. The van der Waals surface area contributed by atoms with Crippen molar-refractivity contribution in [2.24, 2.45) is 0 Å². The molecule has 4 nitrogen and oxygen atoms in total. The van der Waals surface area contributed by atoms with Crippen molar-refractivity contribution in [3.05, 3.63) is 40.6 Å². The van der Waals surface area contributed by atoms with Gasteiger partial charge in [0.2, 0.25) is 0 Å². The van der Waals surface area contributed by atoms with Gasteiger partial charge in [0, 0.05) is 12.5 Å². The Bertz CT molecular complexity index is 604. The molecule has 16 heavy (non-hydrogen) atoms. The van der Waals surface area contributed by atoms with Crippen molar-refractivity contribution in [3.63, 3.8) is 0 Å². The molecule has 1 aromatic carbocycles. The molecule has 0 aliphatic rings. The number of benzene rings is 1. The molecular weight excluding hydrogens is 457 g/mol. The number of hydrogen-bond donors (Lipinski definition) is 0. The number of hydrogen-bond acceptors (Lipinski definition) is 3. The third-order valence-electron chi connectivity index (χ3n) is 2.00. The average molecular weight is 460 g/mol. The summed E-state index contributed by atoms with van der Waals surface area (Å²) in [5.41, 5.74) is 0.514. The summed E-state index contributed by atoms with van der Waals surface area (Å²) >= 11 is 10.3. The first-order valence-electron chi connectivity index (χ1n) is 4.08. The predicted octanol–water partition coefficient (Wildman–Crippen LogP) is 4.01. The molecule has 2 rings (SSSR count). The average Bonchev–Trinajstić information content (AvgIpc) is 2.15. The van der Waals surface area contributed by atoms with E-state index in [0.717, 1.165) is 7.14 Å². The maximum Gasteiger partial charge on any atom is 0.306 e. The molecule has 2 aromatic rings. The SMILES string of the molecule is O=[N+]([O-])c1cnc2cc(I)cc(I)c2c1Cl. The molecule has 0 aliphatic heterocycles. The minimum Gasteiger partial charge on any atom is -0.258 e. The Labute approximate surface area is 123 Å². The monoisotopic (exact) mass is 460 g/mol. The van der Waals surface area contributed by atoms with Crippen LogP contribution in [-0.2, 0) is 0 Å². The van der Waals surface area contributed by atoms with Crippen molar-refractivity contribution in [2.75, 3.05) is 0 Å². The molecule has 1 aromatic heterocycles. The molecule has 0 atom stereocenters. The largest absolute Gasteiger partial charge is 0.306 e. The quantitative estimate of drug-likeness (QED) is 0.367. The standard InChI is InChI=1S/C9H3ClI2N2O2/c10-9-7(14(15)16)3-13-6-2-4(11)1-5(12)8(6)9/h1-3H. The van der Waals surface area contributed by atoms with Gasteiger partial charge in [0.15, 0.2) is 0 Å². The minimum atomic E-state index is -0.525. The molecule has 0 fully saturated rings. The lowest BCUT2D eigenvalue weighted by Crippen LogP contribution is -1.93. The van der Waals surface area contributed by atoms with Crippen LogP contribution in [-0.4, -0.2) is 9.91 Å². The highest BCUT2D eigenvalue weighted by Crippen LogP contribution is 2.34. The van der Waals surface area contributed by atoms with Crippen molar-refractivity contribution in [1.82, 2.24) is 4.98 Å². The molecule has 0 N–H and O–H groups in total. The van der Waals surface area contributed by atoms with E-state index in [-0.39, 0.29) is 10.7 Å². The first kappa shape index (κ1) is 12.2. The molecule has 0 aliphatic carbocycles. The van der Waals surface area contributed by atoms with E-state index in [1.807, 2.05) is 12.1 Å². The molecular formula is C9H3ClI2N2O2.